The van der Waals surface area contributed by atoms with Crippen molar-refractivity contribution in [3.8, 4) is 0 Å². The molecule has 1 aromatic heterocycles. The van der Waals surface area contributed by atoms with Crippen molar-refractivity contribution in [1.29, 1.82) is 0 Å². The summed E-state index contributed by atoms with van der Waals surface area (Å²) in [6, 6.07) is 0. The highest BCUT2D eigenvalue weighted by molar-refractivity contribution is 5.90. The molecule has 1 aromatic rings. The van der Waals surface area contributed by atoms with Gasteiger partial charge in [-0.2, -0.15) is 0 Å². The Hall–Kier alpha value is -1.45. The minimum Gasteiger partial charge on any atom is -0.364 e. The second-order valence-electron chi connectivity index (χ2n) is 3.46. The first kappa shape index (κ1) is 10.6. The van der Waals surface area contributed by atoms with E-state index in [0.29, 0.717) is 5.92 Å². The van der Waals surface area contributed by atoms with Crippen molar-refractivity contribution in [2.24, 2.45) is 5.73 Å². The predicted octanol–water partition coefficient (Wildman–Crippen LogP) is 1.26. The summed E-state index contributed by atoms with van der Waals surface area (Å²) in [6.45, 7) is 6.08. The molecule has 1 amide bonds. The number of primary amides is 1. The van der Waals surface area contributed by atoms with Crippen LogP contribution in [0.15, 0.2) is 6.20 Å². The SMILES string of the molecule is CCc1nc(C(N)=O)cnc1C(C)C. The minimum atomic E-state index is -0.525. The largest absolute Gasteiger partial charge is 0.364 e. The van der Waals surface area contributed by atoms with Crippen molar-refractivity contribution in [3.05, 3.63) is 23.3 Å². The number of aryl methyl sites for hydroxylation is 1. The minimum absolute atomic E-state index is 0.242. The molecular formula is C10H15N3O. The van der Waals surface area contributed by atoms with E-state index in [4.69, 9.17) is 5.73 Å². The summed E-state index contributed by atoms with van der Waals surface area (Å²) in [4.78, 5) is 19.3. The second-order valence-corrected chi connectivity index (χ2v) is 3.46. The van der Waals surface area contributed by atoms with Gasteiger partial charge in [0.05, 0.1) is 17.6 Å². The lowest BCUT2D eigenvalue weighted by molar-refractivity contribution is 0.0995. The molecule has 0 saturated heterocycles. The maximum atomic E-state index is 10.9. The van der Waals surface area contributed by atoms with Crippen LogP contribution in [-0.4, -0.2) is 15.9 Å². The van der Waals surface area contributed by atoms with Crippen LogP contribution in [0, 0.1) is 0 Å². The van der Waals surface area contributed by atoms with E-state index in [2.05, 4.69) is 9.97 Å². The molecule has 0 unspecified atom stereocenters. The number of nitrogens with two attached hydrogens (primary N) is 1. The molecular weight excluding hydrogens is 178 g/mol. The molecule has 0 radical (unpaired) electrons. The van der Waals surface area contributed by atoms with Crippen LogP contribution >= 0.6 is 0 Å². The lowest BCUT2D eigenvalue weighted by atomic mass is 10.1. The monoisotopic (exact) mass is 193 g/mol. The highest BCUT2D eigenvalue weighted by atomic mass is 16.1. The van der Waals surface area contributed by atoms with Crippen LogP contribution in [0.2, 0.25) is 0 Å². The fourth-order valence-electron chi connectivity index (χ4n) is 1.30. The van der Waals surface area contributed by atoms with E-state index in [0.717, 1.165) is 17.8 Å². The third-order valence-electron chi connectivity index (χ3n) is 2.01. The average molecular weight is 193 g/mol. The number of rotatable bonds is 3. The summed E-state index contributed by atoms with van der Waals surface area (Å²) in [7, 11) is 0. The maximum Gasteiger partial charge on any atom is 0.268 e. The van der Waals surface area contributed by atoms with Gasteiger partial charge in [-0.25, -0.2) is 4.98 Å². The molecule has 0 aliphatic rings. The van der Waals surface area contributed by atoms with Gasteiger partial charge in [0.15, 0.2) is 0 Å². The summed E-state index contributed by atoms with van der Waals surface area (Å²) in [5.41, 5.74) is 7.16. The van der Waals surface area contributed by atoms with Crippen molar-refractivity contribution < 1.29 is 4.79 Å². The fraction of sp³-hybridized carbons (Fsp3) is 0.500. The maximum absolute atomic E-state index is 10.9. The van der Waals surface area contributed by atoms with E-state index in [1.165, 1.54) is 6.20 Å². The number of hydrogen-bond donors (Lipinski definition) is 1. The Morgan fingerprint density at radius 3 is 2.64 bits per heavy atom. The van der Waals surface area contributed by atoms with Crippen LogP contribution in [0.4, 0.5) is 0 Å². The van der Waals surface area contributed by atoms with Crippen LogP contribution < -0.4 is 5.73 Å². The van der Waals surface area contributed by atoms with E-state index in [-0.39, 0.29) is 5.69 Å². The number of amides is 1. The fourth-order valence-corrected chi connectivity index (χ4v) is 1.30. The van der Waals surface area contributed by atoms with Gasteiger partial charge >= 0.3 is 0 Å². The highest BCUT2D eigenvalue weighted by Crippen LogP contribution is 2.15. The standard InChI is InChI=1S/C10H15N3O/c1-4-7-9(6(2)3)12-5-8(13-7)10(11)14/h5-6H,4H2,1-3H3,(H2,11,14). The molecule has 0 aliphatic carbocycles. The van der Waals surface area contributed by atoms with Gasteiger partial charge in [-0.1, -0.05) is 20.8 Å². The summed E-state index contributed by atoms with van der Waals surface area (Å²) in [5, 5.41) is 0. The van der Waals surface area contributed by atoms with Gasteiger partial charge in [0, 0.05) is 0 Å². The molecule has 1 heterocycles. The lowest BCUT2D eigenvalue weighted by Crippen LogP contribution is -2.16. The van der Waals surface area contributed by atoms with Crippen LogP contribution in [-0.2, 0) is 6.42 Å². The summed E-state index contributed by atoms with van der Waals surface area (Å²) in [6.07, 6.45) is 2.21. The molecule has 0 bridgehead atoms. The van der Waals surface area contributed by atoms with E-state index in [1.807, 2.05) is 20.8 Å². The quantitative estimate of drug-likeness (QED) is 0.785. The van der Waals surface area contributed by atoms with E-state index in [1.54, 1.807) is 0 Å². The van der Waals surface area contributed by atoms with E-state index >= 15 is 0 Å². The van der Waals surface area contributed by atoms with Crippen molar-refractivity contribution in [2.75, 3.05) is 0 Å². The van der Waals surface area contributed by atoms with E-state index < -0.39 is 5.91 Å². The van der Waals surface area contributed by atoms with Gasteiger partial charge in [0.2, 0.25) is 0 Å². The number of aromatic nitrogens is 2. The van der Waals surface area contributed by atoms with Crippen LogP contribution in [0.3, 0.4) is 0 Å². The average Bonchev–Trinajstić information content (AvgIpc) is 2.16. The third-order valence-corrected chi connectivity index (χ3v) is 2.01. The molecule has 0 aromatic carbocycles. The molecule has 0 spiro atoms. The van der Waals surface area contributed by atoms with Gasteiger partial charge in [0.1, 0.15) is 5.69 Å². The first-order chi connectivity index (χ1) is 6.56. The Bertz CT molecular complexity index is 347. The van der Waals surface area contributed by atoms with Crippen molar-refractivity contribution >= 4 is 5.91 Å². The molecule has 0 atom stereocenters. The van der Waals surface area contributed by atoms with Crippen molar-refractivity contribution in [3.63, 3.8) is 0 Å². The Balaban J connectivity index is 3.18. The third kappa shape index (κ3) is 2.07. The molecule has 4 heteroatoms. The van der Waals surface area contributed by atoms with Crippen LogP contribution in [0.25, 0.3) is 0 Å². The Morgan fingerprint density at radius 1 is 1.57 bits per heavy atom. The molecule has 4 nitrogen and oxygen atoms in total. The molecule has 76 valence electrons. The van der Waals surface area contributed by atoms with Gasteiger partial charge in [-0.3, -0.25) is 9.78 Å². The van der Waals surface area contributed by atoms with Crippen molar-refractivity contribution in [1.82, 2.24) is 9.97 Å². The Morgan fingerprint density at radius 2 is 2.21 bits per heavy atom. The molecule has 0 saturated carbocycles. The number of carbonyl (C=O) groups is 1. The molecule has 2 N–H and O–H groups in total. The highest BCUT2D eigenvalue weighted by Gasteiger charge is 2.11. The normalized spacial score (nSPS) is 10.6. The first-order valence-electron chi connectivity index (χ1n) is 4.71. The molecule has 14 heavy (non-hydrogen) atoms. The lowest BCUT2D eigenvalue weighted by Gasteiger charge is -2.09. The summed E-state index contributed by atoms with van der Waals surface area (Å²) >= 11 is 0. The van der Waals surface area contributed by atoms with Crippen LogP contribution in [0.5, 0.6) is 0 Å². The molecule has 1 rings (SSSR count). The van der Waals surface area contributed by atoms with E-state index in [9.17, 15) is 4.79 Å². The molecule has 0 fully saturated rings. The van der Waals surface area contributed by atoms with Gasteiger partial charge in [-0.15, -0.1) is 0 Å². The summed E-state index contributed by atoms with van der Waals surface area (Å²) in [5.74, 6) is -0.207. The number of hydrogen-bond acceptors (Lipinski definition) is 3. The van der Waals surface area contributed by atoms with Gasteiger partial charge in [0.25, 0.3) is 5.91 Å². The molecule has 0 aliphatic heterocycles. The first-order valence-corrected chi connectivity index (χ1v) is 4.71. The van der Waals surface area contributed by atoms with Gasteiger partial charge < -0.3 is 5.73 Å². The van der Waals surface area contributed by atoms with Crippen molar-refractivity contribution in [2.45, 2.75) is 33.1 Å². The van der Waals surface area contributed by atoms with Crippen LogP contribution in [0.1, 0.15) is 48.6 Å². The Labute approximate surface area is 83.6 Å². The zero-order valence-electron chi connectivity index (χ0n) is 8.74. The number of carbonyl (C=O) groups excluding carboxylic acids is 1. The topological polar surface area (TPSA) is 68.9 Å². The zero-order chi connectivity index (χ0) is 10.7. The predicted molar refractivity (Wildman–Crippen MR) is 54.0 cm³/mol. The summed E-state index contributed by atoms with van der Waals surface area (Å²) < 4.78 is 0. The number of nitrogens with zero attached hydrogens (tertiary/aromatic N) is 2. The smallest absolute Gasteiger partial charge is 0.268 e. The second kappa shape index (κ2) is 4.17. The Kier molecular flexibility index (Phi) is 3.17. The van der Waals surface area contributed by atoms with Gasteiger partial charge in [-0.05, 0) is 12.3 Å². The zero-order valence-corrected chi connectivity index (χ0v) is 8.74.